The predicted octanol–water partition coefficient (Wildman–Crippen LogP) is 4.10. The molecule has 1 heterocycles. The lowest BCUT2D eigenvalue weighted by Crippen LogP contribution is -2.38. The number of rotatable bonds is 6. The second-order valence-electron chi connectivity index (χ2n) is 5.22. The van der Waals surface area contributed by atoms with Gasteiger partial charge in [0.15, 0.2) is 0 Å². The Hall–Kier alpha value is -0.940. The standard InChI is InChI=1S/C16H20ClFN2S/c1-11(8-13-4-3-7-21-13)20(2)16(10-19)12-5-6-14(17)15(18)9-12/h3-7,9,11,16H,8,10,19H2,1-2H3. The van der Waals surface area contributed by atoms with E-state index in [1.54, 1.807) is 17.4 Å². The first-order valence-electron chi connectivity index (χ1n) is 6.92. The summed E-state index contributed by atoms with van der Waals surface area (Å²) >= 11 is 7.50. The lowest BCUT2D eigenvalue weighted by molar-refractivity contribution is 0.188. The highest BCUT2D eigenvalue weighted by atomic mass is 35.5. The molecule has 114 valence electrons. The van der Waals surface area contributed by atoms with E-state index >= 15 is 0 Å². The van der Waals surface area contributed by atoms with Crippen LogP contribution in [0.5, 0.6) is 0 Å². The molecule has 2 atom stereocenters. The van der Waals surface area contributed by atoms with Crippen molar-refractivity contribution in [2.75, 3.05) is 13.6 Å². The fourth-order valence-electron chi connectivity index (χ4n) is 2.43. The van der Waals surface area contributed by atoms with Gasteiger partial charge >= 0.3 is 0 Å². The van der Waals surface area contributed by atoms with Gasteiger partial charge in [0.2, 0.25) is 0 Å². The minimum atomic E-state index is -0.396. The second-order valence-corrected chi connectivity index (χ2v) is 6.66. The van der Waals surface area contributed by atoms with Gasteiger partial charge in [0, 0.05) is 23.5 Å². The average Bonchev–Trinajstić information content (AvgIpc) is 2.96. The molecule has 2 N–H and O–H groups in total. The molecule has 2 rings (SSSR count). The summed E-state index contributed by atoms with van der Waals surface area (Å²) in [5.74, 6) is -0.396. The van der Waals surface area contributed by atoms with Crippen LogP contribution in [0.1, 0.15) is 23.4 Å². The first-order valence-corrected chi connectivity index (χ1v) is 8.18. The Morgan fingerprint density at radius 1 is 1.38 bits per heavy atom. The molecule has 0 aliphatic rings. The molecule has 5 heteroatoms. The average molecular weight is 327 g/mol. The normalized spacial score (nSPS) is 14.4. The van der Waals surface area contributed by atoms with Gasteiger partial charge in [-0.25, -0.2) is 4.39 Å². The highest BCUT2D eigenvalue weighted by molar-refractivity contribution is 7.09. The number of likely N-dealkylation sites (N-methyl/N-ethyl adjacent to an activating group) is 1. The lowest BCUT2D eigenvalue weighted by atomic mass is 10.0. The van der Waals surface area contributed by atoms with E-state index in [1.165, 1.54) is 10.9 Å². The van der Waals surface area contributed by atoms with E-state index in [2.05, 4.69) is 29.3 Å². The van der Waals surface area contributed by atoms with Crippen molar-refractivity contribution in [3.05, 3.63) is 57.0 Å². The van der Waals surface area contributed by atoms with Crippen LogP contribution in [-0.4, -0.2) is 24.5 Å². The van der Waals surface area contributed by atoms with Crippen LogP contribution >= 0.6 is 22.9 Å². The topological polar surface area (TPSA) is 29.3 Å². The summed E-state index contributed by atoms with van der Waals surface area (Å²) in [4.78, 5) is 3.54. The Morgan fingerprint density at radius 2 is 2.14 bits per heavy atom. The maximum atomic E-state index is 13.7. The number of nitrogens with zero attached hydrogens (tertiary/aromatic N) is 1. The van der Waals surface area contributed by atoms with E-state index in [4.69, 9.17) is 17.3 Å². The second kappa shape index (κ2) is 7.36. The molecular weight excluding hydrogens is 307 g/mol. The zero-order valence-corrected chi connectivity index (χ0v) is 13.8. The van der Waals surface area contributed by atoms with Crippen LogP contribution in [0.3, 0.4) is 0 Å². The summed E-state index contributed by atoms with van der Waals surface area (Å²) in [6.45, 7) is 2.60. The molecule has 0 saturated carbocycles. The molecule has 0 fully saturated rings. The molecule has 0 radical (unpaired) electrons. The third-order valence-corrected chi connectivity index (χ3v) is 5.02. The first kappa shape index (κ1) is 16.4. The van der Waals surface area contributed by atoms with Crippen LogP contribution in [0.2, 0.25) is 5.02 Å². The first-order chi connectivity index (χ1) is 10.0. The number of nitrogens with two attached hydrogens (primary N) is 1. The van der Waals surface area contributed by atoms with Crippen molar-refractivity contribution in [2.24, 2.45) is 5.73 Å². The number of thiophene rings is 1. The fraction of sp³-hybridized carbons (Fsp3) is 0.375. The number of halogens is 2. The Balaban J connectivity index is 2.13. The van der Waals surface area contributed by atoms with Crippen molar-refractivity contribution >= 4 is 22.9 Å². The maximum Gasteiger partial charge on any atom is 0.142 e. The van der Waals surface area contributed by atoms with Crippen molar-refractivity contribution < 1.29 is 4.39 Å². The highest BCUT2D eigenvalue weighted by Crippen LogP contribution is 2.26. The zero-order chi connectivity index (χ0) is 15.4. The van der Waals surface area contributed by atoms with Gasteiger partial charge in [-0.15, -0.1) is 11.3 Å². The summed E-state index contributed by atoms with van der Waals surface area (Å²) in [6, 6.07) is 9.40. The van der Waals surface area contributed by atoms with Gasteiger partial charge < -0.3 is 5.73 Å². The van der Waals surface area contributed by atoms with E-state index in [0.717, 1.165) is 12.0 Å². The minimum absolute atomic E-state index is 0.0215. The zero-order valence-electron chi connectivity index (χ0n) is 12.2. The van der Waals surface area contributed by atoms with Crippen LogP contribution in [0, 0.1) is 5.82 Å². The molecule has 21 heavy (non-hydrogen) atoms. The fourth-order valence-corrected chi connectivity index (χ4v) is 3.37. The molecule has 0 aliphatic heterocycles. The molecule has 0 bridgehead atoms. The van der Waals surface area contributed by atoms with E-state index in [0.29, 0.717) is 12.6 Å². The van der Waals surface area contributed by atoms with Gasteiger partial charge in [0.1, 0.15) is 5.82 Å². The van der Waals surface area contributed by atoms with Crippen molar-refractivity contribution in [1.82, 2.24) is 4.90 Å². The Labute approximate surface area is 134 Å². The van der Waals surface area contributed by atoms with E-state index in [-0.39, 0.29) is 11.1 Å². The molecule has 1 aromatic carbocycles. The highest BCUT2D eigenvalue weighted by Gasteiger charge is 2.21. The van der Waals surface area contributed by atoms with Crippen LogP contribution in [0.4, 0.5) is 4.39 Å². The summed E-state index contributed by atoms with van der Waals surface area (Å²) in [6.07, 6.45) is 0.959. The molecule has 1 aromatic heterocycles. The van der Waals surface area contributed by atoms with Crippen LogP contribution in [-0.2, 0) is 6.42 Å². The molecule has 0 aliphatic carbocycles. The van der Waals surface area contributed by atoms with E-state index in [9.17, 15) is 4.39 Å². The number of hydrogen-bond acceptors (Lipinski definition) is 3. The van der Waals surface area contributed by atoms with Crippen LogP contribution < -0.4 is 5.73 Å². The van der Waals surface area contributed by atoms with Gasteiger partial charge in [-0.05, 0) is 49.5 Å². The molecule has 2 nitrogen and oxygen atoms in total. The summed E-state index contributed by atoms with van der Waals surface area (Å²) in [5.41, 5.74) is 6.77. The predicted molar refractivity (Wildman–Crippen MR) is 88.5 cm³/mol. The molecular formula is C16H20ClFN2S. The molecule has 2 aromatic rings. The minimum Gasteiger partial charge on any atom is -0.329 e. The monoisotopic (exact) mass is 326 g/mol. The van der Waals surface area contributed by atoms with Crippen molar-refractivity contribution in [3.8, 4) is 0 Å². The number of hydrogen-bond donors (Lipinski definition) is 1. The maximum absolute atomic E-state index is 13.7. The SMILES string of the molecule is CC(Cc1cccs1)N(C)C(CN)c1ccc(Cl)c(F)c1. The summed E-state index contributed by atoms with van der Waals surface area (Å²) in [5, 5.41) is 2.22. The Bertz CT molecular complexity index is 574. The Kier molecular flexibility index (Phi) is 5.76. The van der Waals surface area contributed by atoms with Gasteiger partial charge in [0.05, 0.1) is 5.02 Å². The van der Waals surface area contributed by atoms with Gasteiger partial charge in [0.25, 0.3) is 0 Å². The lowest BCUT2D eigenvalue weighted by Gasteiger charge is -2.32. The van der Waals surface area contributed by atoms with Crippen LogP contribution in [0.15, 0.2) is 35.7 Å². The molecule has 0 spiro atoms. The summed E-state index contributed by atoms with van der Waals surface area (Å²) in [7, 11) is 2.03. The quantitative estimate of drug-likeness (QED) is 0.865. The molecule has 2 unspecified atom stereocenters. The van der Waals surface area contributed by atoms with Crippen LogP contribution in [0.25, 0.3) is 0 Å². The number of benzene rings is 1. The third-order valence-electron chi connectivity index (χ3n) is 3.82. The summed E-state index contributed by atoms with van der Waals surface area (Å²) < 4.78 is 13.7. The van der Waals surface area contributed by atoms with Crippen molar-refractivity contribution in [3.63, 3.8) is 0 Å². The van der Waals surface area contributed by atoms with Crippen molar-refractivity contribution in [1.29, 1.82) is 0 Å². The van der Waals surface area contributed by atoms with E-state index < -0.39 is 5.82 Å². The van der Waals surface area contributed by atoms with Gasteiger partial charge in [-0.3, -0.25) is 4.90 Å². The van der Waals surface area contributed by atoms with Gasteiger partial charge in [-0.1, -0.05) is 23.7 Å². The smallest absolute Gasteiger partial charge is 0.142 e. The largest absolute Gasteiger partial charge is 0.329 e. The van der Waals surface area contributed by atoms with E-state index in [1.807, 2.05) is 13.1 Å². The van der Waals surface area contributed by atoms with Gasteiger partial charge in [-0.2, -0.15) is 0 Å². The molecule has 0 saturated heterocycles. The molecule has 0 amide bonds. The van der Waals surface area contributed by atoms with Crippen molar-refractivity contribution in [2.45, 2.75) is 25.4 Å². The third kappa shape index (κ3) is 4.04. The Morgan fingerprint density at radius 3 is 2.71 bits per heavy atom.